The van der Waals surface area contributed by atoms with E-state index in [9.17, 15) is 23.5 Å². The summed E-state index contributed by atoms with van der Waals surface area (Å²) in [6.45, 7) is 0.674. The summed E-state index contributed by atoms with van der Waals surface area (Å²) in [6, 6.07) is 13.4. The molecule has 8 heteroatoms. The van der Waals surface area contributed by atoms with E-state index in [-0.39, 0.29) is 12.5 Å². The van der Waals surface area contributed by atoms with Crippen molar-refractivity contribution in [2.24, 2.45) is 0 Å². The van der Waals surface area contributed by atoms with Crippen molar-refractivity contribution in [3.05, 3.63) is 59.7 Å². The Morgan fingerprint density at radius 3 is 2.10 bits per heavy atom. The topological polar surface area (TPSA) is 84.9 Å². The van der Waals surface area contributed by atoms with Crippen molar-refractivity contribution in [3.63, 3.8) is 0 Å². The largest absolute Gasteiger partial charge is 0.467 e. The average Bonchev–Trinajstić information content (AvgIpc) is 3.03. The zero-order valence-corrected chi connectivity index (χ0v) is 15.9. The monoisotopic (exact) mass is 405 g/mol. The van der Waals surface area contributed by atoms with Crippen molar-refractivity contribution >= 4 is 12.1 Å². The summed E-state index contributed by atoms with van der Waals surface area (Å²) in [5.74, 6) is -1.44. The maximum absolute atomic E-state index is 13.1. The summed E-state index contributed by atoms with van der Waals surface area (Å²) in [5.41, 5.74) is 1.20. The lowest BCUT2D eigenvalue weighted by molar-refractivity contribution is -0.160. The number of nitrogens with one attached hydrogen (secondary N) is 1. The van der Waals surface area contributed by atoms with E-state index in [0.717, 1.165) is 36.3 Å². The normalized spacial score (nSPS) is 15.8. The molecule has 0 aliphatic heterocycles. The van der Waals surface area contributed by atoms with Crippen molar-refractivity contribution in [2.75, 3.05) is 13.7 Å². The molecule has 2 aromatic rings. The summed E-state index contributed by atoms with van der Waals surface area (Å²) >= 11 is 0. The highest BCUT2D eigenvalue weighted by Crippen LogP contribution is 2.44. The molecular weight excluding hydrogens is 384 g/mol. The van der Waals surface area contributed by atoms with Crippen LogP contribution in [0.2, 0.25) is 0 Å². The van der Waals surface area contributed by atoms with Gasteiger partial charge in [0.05, 0.1) is 7.11 Å². The summed E-state index contributed by atoms with van der Waals surface area (Å²) < 4.78 is 35.9. The number of methoxy groups -OCH3 is 1. The number of carbonyl (C=O) groups excluding carboxylic acids is 2. The molecule has 0 saturated carbocycles. The number of rotatable bonds is 6. The smallest absolute Gasteiger partial charge is 0.407 e. The third-order valence-corrected chi connectivity index (χ3v) is 5.07. The first-order valence-corrected chi connectivity index (χ1v) is 8.97. The number of amides is 1. The molecule has 2 aromatic carbocycles. The fraction of sp³-hybridized carbons (Fsp3) is 0.333. The van der Waals surface area contributed by atoms with Crippen molar-refractivity contribution < 1.29 is 33.0 Å². The van der Waals surface area contributed by atoms with Gasteiger partial charge in [0.25, 0.3) is 6.43 Å². The maximum Gasteiger partial charge on any atom is 0.407 e. The number of ether oxygens (including phenoxy) is 2. The number of benzene rings is 2. The molecule has 0 saturated heterocycles. The first-order valence-electron chi connectivity index (χ1n) is 8.97. The van der Waals surface area contributed by atoms with Gasteiger partial charge in [-0.1, -0.05) is 48.5 Å². The highest BCUT2D eigenvalue weighted by atomic mass is 19.3. The molecule has 1 aliphatic carbocycles. The van der Waals surface area contributed by atoms with Crippen LogP contribution >= 0.6 is 0 Å². The van der Waals surface area contributed by atoms with Crippen LogP contribution in [0.1, 0.15) is 24.0 Å². The predicted molar refractivity (Wildman–Crippen MR) is 101 cm³/mol. The molecule has 2 unspecified atom stereocenters. The van der Waals surface area contributed by atoms with Gasteiger partial charge >= 0.3 is 12.1 Å². The standard InChI is InChI=1S/C21H21F2NO5/c1-21(27,19(22)23)17(18(25)28-2)24-20(26)29-11-16-14-9-5-3-7-12(14)13-8-4-6-10-15(13)16/h3-10,16-17,19,27H,11H2,1-2H3,(H,24,26). The van der Waals surface area contributed by atoms with Crippen LogP contribution in [0.5, 0.6) is 0 Å². The number of hydrogen-bond donors (Lipinski definition) is 2. The van der Waals surface area contributed by atoms with Gasteiger partial charge in [-0.15, -0.1) is 0 Å². The van der Waals surface area contributed by atoms with Gasteiger partial charge in [-0.3, -0.25) is 0 Å². The van der Waals surface area contributed by atoms with Crippen LogP contribution in [0.4, 0.5) is 13.6 Å². The maximum atomic E-state index is 13.1. The number of hydrogen-bond acceptors (Lipinski definition) is 5. The second kappa shape index (κ2) is 8.16. The molecule has 0 aromatic heterocycles. The molecule has 0 bridgehead atoms. The van der Waals surface area contributed by atoms with Gasteiger partial charge in [0.15, 0.2) is 11.6 Å². The SMILES string of the molecule is COC(=O)C(NC(=O)OCC1c2ccccc2-c2ccccc21)C(C)(O)C(F)F. The third kappa shape index (κ3) is 3.93. The number of esters is 1. The van der Waals surface area contributed by atoms with E-state index in [4.69, 9.17) is 4.74 Å². The first-order chi connectivity index (χ1) is 13.8. The molecule has 0 spiro atoms. The average molecular weight is 405 g/mol. The summed E-state index contributed by atoms with van der Waals surface area (Å²) in [4.78, 5) is 24.0. The molecule has 2 atom stereocenters. The number of alkyl halides is 2. The predicted octanol–water partition coefficient (Wildman–Crippen LogP) is 3.08. The Kier molecular flexibility index (Phi) is 5.83. The summed E-state index contributed by atoms with van der Waals surface area (Å²) in [5, 5.41) is 11.9. The minimum Gasteiger partial charge on any atom is -0.467 e. The third-order valence-electron chi connectivity index (χ3n) is 5.07. The van der Waals surface area contributed by atoms with Crippen LogP contribution < -0.4 is 5.32 Å². The number of fused-ring (bicyclic) bond motifs is 3. The molecule has 1 aliphatic rings. The van der Waals surface area contributed by atoms with Gasteiger partial charge in [0.2, 0.25) is 0 Å². The van der Waals surface area contributed by atoms with Crippen molar-refractivity contribution in [3.8, 4) is 11.1 Å². The lowest BCUT2D eigenvalue weighted by atomic mass is 9.97. The molecule has 0 radical (unpaired) electrons. The minimum atomic E-state index is -3.29. The fourth-order valence-electron chi connectivity index (χ4n) is 3.45. The zero-order chi connectivity index (χ0) is 21.2. The lowest BCUT2D eigenvalue weighted by Crippen LogP contribution is -2.59. The molecule has 1 amide bonds. The molecule has 0 heterocycles. The Hall–Kier alpha value is -3.00. The van der Waals surface area contributed by atoms with Gasteiger partial charge in [0.1, 0.15) is 6.61 Å². The van der Waals surface area contributed by atoms with Gasteiger partial charge in [-0.05, 0) is 29.2 Å². The van der Waals surface area contributed by atoms with Crippen LogP contribution in [0.25, 0.3) is 11.1 Å². The molecule has 29 heavy (non-hydrogen) atoms. The van der Waals surface area contributed by atoms with Crippen LogP contribution in [0.3, 0.4) is 0 Å². The Morgan fingerprint density at radius 1 is 1.10 bits per heavy atom. The number of alkyl carbamates (subject to hydrolysis) is 1. The number of halogens is 2. The summed E-state index contributed by atoms with van der Waals surface area (Å²) in [6.07, 6.45) is -4.40. The Morgan fingerprint density at radius 2 is 1.62 bits per heavy atom. The highest BCUT2D eigenvalue weighted by molar-refractivity contribution is 5.83. The quantitative estimate of drug-likeness (QED) is 0.722. The zero-order valence-electron chi connectivity index (χ0n) is 15.9. The van der Waals surface area contributed by atoms with Gasteiger partial charge in [-0.2, -0.15) is 0 Å². The molecular formula is C21H21F2NO5. The number of carbonyl (C=O) groups is 2. The Balaban J connectivity index is 1.74. The second-order valence-electron chi connectivity index (χ2n) is 6.95. The first kappa shape index (κ1) is 20.7. The van der Waals surface area contributed by atoms with Crippen molar-refractivity contribution in [1.29, 1.82) is 0 Å². The van der Waals surface area contributed by atoms with E-state index in [1.807, 2.05) is 53.8 Å². The second-order valence-corrected chi connectivity index (χ2v) is 6.95. The Labute approximate surface area is 166 Å². The van der Waals surface area contributed by atoms with Crippen LogP contribution in [0.15, 0.2) is 48.5 Å². The fourth-order valence-corrected chi connectivity index (χ4v) is 3.45. The van der Waals surface area contributed by atoms with Crippen LogP contribution in [-0.2, 0) is 14.3 Å². The minimum absolute atomic E-state index is 0.0649. The van der Waals surface area contributed by atoms with E-state index in [1.54, 1.807) is 0 Å². The number of aliphatic hydroxyl groups is 1. The van der Waals surface area contributed by atoms with Gasteiger partial charge in [0, 0.05) is 5.92 Å². The molecule has 154 valence electrons. The van der Waals surface area contributed by atoms with Crippen LogP contribution in [-0.4, -0.2) is 49.0 Å². The molecule has 3 rings (SSSR count). The van der Waals surface area contributed by atoms with E-state index < -0.39 is 30.1 Å². The van der Waals surface area contributed by atoms with E-state index in [2.05, 4.69) is 4.74 Å². The van der Waals surface area contributed by atoms with Crippen molar-refractivity contribution in [1.82, 2.24) is 5.32 Å². The van der Waals surface area contributed by atoms with E-state index >= 15 is 0 Å². The molecule has 0 fully saturated rings. The molecule has 6 nitrogen and oxygen atoms in total. The highest BCUT2D eigenvalue weighted by Gasteiger charge is 2.47. The lowest BCUT2D eigenvalue weighted by Gasteiger charge is -2.30. The summed E-state index contributed by atoms with van der Waals surface area (Å²) in [7, 11) is 0.969. The van der Waals surface area contributed by atoms with E-state index in [0.29, 0.717) is 0 Å². The van der Waals surface area contributed by atoms with E-state index in [1.165, 1.54) is 0 Å². The molecule has 2 N–H and O–H groups in total. The van der Waals surface area contributed by atoms with Gasteiger partial charge < -0.3 is 19.9 Å². The van der Waals surface area contributed by atoms with Crippen molar-refractivity contribution in [2.45, 2.75) is 30.9 Å². The Bertz CT molecular complexity index is 870. The van der Waals surface area contributed by atoms with Crippen LogP contribution in [0, 0.1) is 0 Å². The van der Waals surface area contributed by atoms with Gasteiger partial charge in [-0.25, -0.2) is 18.4 Å².